The van der Waals surface area contributed by atoms with Gasteiger partial charge in [0.25, 0.3) is 0 Å². The Balaban J connectivity index is 0. The van der Waals surface area contributed by atoms with Crippen LogP contribution in [0.2, 0.25) is 0 Å². The van der Waals surface area contributed by atoms with E-state index in [1.54, 1.807) is 0 Å². The molecule has 0 aliphatic rings. The number of nitrogens with zero attached hydrogens (tertiary/aromatic N) is 2. The largest absolute Gasteiger partial charge is 0.412 e. The molecule has 0 unspecified atom stereocenters. The highest BCUT2D eigenvalue weighted by atomic mass is 16.0. The lowest BCUT2D eigenvalue weighted by molar-refractivity contribution is -0.0253. The number of rotatable bonds is 9. The first-order valence-corrected chi connectivity index (χ1v) is 6.29. The van der Waals surface area contributed by atoms with Gasteiger partial charge in [0.1, 0.15) is 0 Å². The van der Waals surface area contributed by atoms with Crippen molar-refractivity contribution in [1.82, 2.24) is 10.0 Å². The van der Waals surface area contributed by atoms with Crippen molar-refractivity contribution in [2.45, 2.75) is 53.4 Å². The van der Waals surface area contributed by atoms with Gasteiger partial charge >= 0.3 is 0 Å². The minimum Gasteiger partial charge on any atom is -0.412 e. The minimum absolute atomic E-state index is 0. The fourth-order valence-corrected chi connectivity index (χ4v) is 1.82. The van der Waals surface area contributed by atoms with Gasteiger partial charge in [-0.2, -0.15) is 0 Å². The Morgan fingerprint density at radius 2 is 0.733 bits per heavy atom. The van der Waals surface area contributed by atoms with Crippen molar-refractivity contribution < 1.29 is 5.48 Å². The Hall–Kier alpha value is -0.120. The molecule has 0 aromatic heterocycles. The number of hydrogen-bond donors (Lipinski definition) is 0. The zero-order chi connectivity index (χ0) is 10.8. The highest BCUT2D eigenvalue weighted by molar-refractivity contribution is 4.56. The SMILES string of the molecule is CCCN(CCC)N(CCC)CCC.O. The van der Waals surface area contributed by atoms with Gasteiger partial charge in [-0.1, -0.05) is 27.7 Å². The molecule has 0 radical (unpaired) electrons. The number of hydrazine groups is 1. The summed E-state index contributed by atoms with van der Waals surface area (Å²) in [6, 6.07) is 0. The normalized spacial score (nSPS) is 10.8. The maximum Gasteiger partial charge on any atom is 0.0130 e. The van der Waals surface area contributed by atoms with Crippen molar-refractivity contribution >= 4 is 0 Å². The van der Waals surface area contributed by atoms with Gasteiger partial charge in [-0.05, 0) is 25.7 Å². The summed E-state index contributed by atoms with van der Waals surface area (Å²) in [5, 5.41) is 5.07. The van der Waals surface area contributed by atoms with Crippen LogP contribution < -0.4 is 0 Å². The molecule has 0 heterocycles. The average molecular weight is 218 g/mol. The predicted octanol–water partition coefficient (Wildman–Crippen LogP) is 2.32. The summed E-state index contributed by atoms with van der Waals surface area (Å²) in [6.45, 7) is 13.9. The molecule has 3 nitrogen and oxygen atoms in total. The van der Waals surface area contributed by atoms with Crippen molar-refractivity contribution in [2.75, 3.05) is 26.2 Å². The molecule has 0 bridgehead atoms. The van der Waals surface area contributed by atoms with Crippen LogP contribution in [-0.4, -0.2) is 41.7 Å². The van der Waals surface area contributed by atoms with E-state index in [4.69, 9.17) is 0 Å². The van der Waals surface area contributed by atoms with E-state index in [1.165, 1.54) is 51.9 Å². The molecule has 0 aromatic carbocycles. The zero-order valence-corrected chi connectivity index (χ0v) is 11.1. The van der Waals surface area contributed by atoms with Crippen LogP contribution in [0, 0.1) is 0 Å². The maximum absolute atomic E-state index is 2.53. The highest BCUT2D eigenvalue weighted by Gasteiger charge is 2.11. The second kappa shape index (κ2) is 12.0. The van der Waals surface area contributed by atoms with Gasteiger partial charge < -0.3 is 5.48 Å². The summed E-state index contributed by atoms with van der Waals surface area (Å²) >= 11 is 0. The van der Waals surface area contributed by atoms with Gasteiger partial charge in [0.2, 0.25) is 0 Å². The van der Waals surface area contributed by atoms with Gasteiger partial charge in [-0.25, -0.2) is 10.0 Å². The average Bonchev–Trinajstić information content (AvgIpc) is 2.17. The topological polar surface area (TPSA) is 38.0 Å². The number of hydrogen-bond acceptors (Lipinski definition) is 2. The van der Waals surface area contributed by atoms with Crippen LogP contribution in [0.15, 0.2) is 0 Å². The van der Waals surface area contributed by atoms with Crippen LogP contribution in [0.4, 0.5) is 0 Å². The Morgan fingerprint density at radius 1 is 0.533 bits per heavy atom. The minimum atomic E-state index is 0. The molecule has 15 heavy (non-hydrogen) atoms. The van der Waals surface area contributed by atoms with E-state index in [-0.39, 0.29) is 5.48 Å². The molecule has 0 amide bonds. The van der Waals surface area contributed by atoms with E-state index >= 15 is 0 Å². The van der Waals surface area contributed by atoms with Gasteiger partial charge in [-0.3, -0.25) is 0 Å². The molecule has 0 rings (SSSR count). The van der Waals surface area contributed by atoms with E-state index in [2.05, 4.69) is 37.7 Å². The zero-order valence-electron chi connectivity index (χ0n) is 11.1. The van der Waals surface area contributed by atoms with Gasteiger partial charge in [0.15, 0.2) is 0 Å². The van der Waals surface area contributed by atoms with E-state index < -0.39 is 0 Å². The van der Waals surface area contributed by atoms with Crippen LogP contribution in [0.1, 0.15) is 53.4 Å². The molecule has 0 aromatic rings. The highest BCUT2D eigenvalue weighted by Crippen LogP contribution is 2.03. The van der Waals surface area contributed by atoms with Crippen LogP contribution in [0.3, 0.4) is 0 Å². The molecule has 2 N–H and O–H groups in total. The predicted molar refractivity (Wildman–Crippen MR) is 67.9 cm³/mol. The summed E-state index contributed by atoms with van der Waals surface area (Å²) in [7, 11) is 0. The van der Waals surface area contributed by atoms with Crippen molar-refractivity contribution in [3.63, 3.8) is 0 Å². The van der Waals surface area contributed by atoms with E-state index in [0.29, 0.717) is 0 Å². The summed E-state index contributed by atoms with van der Waals surface area (Å²) < 4.78 is 0. The lowest BCUT2D eigenvalue weighted by Crippen LogP contribution is -2.44. The molecule has 3 heteroatoms. The van der Waals surface area contributed by atoms with Crippen LogP contribution in [0.5, 0.6) is 0 Å². The smallest absolute Gasteiger partial charge is 0.0130 e. The van der Waals surface area contributed by atoms with Gasteiger partial charge in [-0.15, -0.1) is 0 Å². The standard InChI is InChI=1S/C12H28N2.H2O/c1-5-9-13(10-6-2)14(11-7-3)12-8-4;/h5-12H2,1-4H3;1H2. The third-order valence-electron chi connectivity index (χ3n) is 2.33. The Bertz CT molecular complexity index is 94.2. The third kappa shape index (κ3) is 7.77. The molecule has 0 saturated carbocycles. The van der Waals surface area contributed by atoms with Crippen molar-refractivity contribution in [1.29, 1.82) is 0 Å². The molecule has 0 fully saturated rings. The lowest BCUT2D eigenvalue weighted by atomic mass is 10.3. The first-order valence-electron chi connectivity index (χ1n) is 6.29. The fraction of sp³-hybridized carbons (Fsp3) is 1.00. The van der Waals surface area contributed by atoms with Crippen LogP contribution in [-0.2, 0) is 0 Å². The monoisotopic (exact) mass is 218 g/mol. The second-order valence-corrected chi connectivity index (χ2v) is 3.91. The lowest BCUT2D eigenvalue weighted by Gasteiger charge is -2.34. The Kier molecular flexibility index (Phi) is 13.8. The summed E-state index contributed by atoms with van der Waals surface area (Å²) in [5.74, 6) is 0. The van der Waals surface area contributed by atoms with Crippen molar-refractivity contribution in [3.05, 3.63) is 0 Å². The molecule has 0 aliphatic carbocycles. The van der Waals surface area contributed by atoms with Gasteiger partial charge in [0.05, 0.1) is 0 Å². The molecule has 0 aliphatic heterocycles. The van der Waals surface area contributed by atoms with Gasteiger partial charge in [0, 0.05) is 26.2 Å². The second-order valence-electron chi connectivity index (χ2n) is 3.91. The first kappa shape index (κ1) is 17.3. The molecule has 0 spiro atoms. The first-order chi connectivity index (χ1) is 6.79. The van der Waals surface area contributed by atoms with Crippen molar-refractivity contribution in [2.24, 2.45) is 0 Å². The van der Waals surface area contributed by atoms with E-state index in [0.717, 1.165) is 0 Å². The quantitative estimate of drug-likeness (QED) is 0.557. The Labute approximate surface area is 95.7 Å². The Morgan fingerprint density at radius 3 is 0.867 bits per heavy atom. The fourth-order valence-electron chi connectivity index (χ4n) is 1.82. The summed E-state index contributed by atoms with van der Waals surface area (Å²) in [5.41, 5.74) is 0. The molecule has 0 atom stereocenters. The van der Waals surface area contributed by atoms with E-state index in [1.807, 2.05) is 0 Å². The third-order valence-corrected chi connectivity index (χ3v) is 2.33. The summed E-state index contributed by atoms with van der Waals surface area (Å²) in [4.78, 5) is 0. The molecular formula is C12H30N2O. The van der Waals surface area contributed by atoms with E-state index in [9.17, 15) is 0 Å². The molecule has 94 valence electrons. The van der Waals surface area contributed by atoms with Crippen LogP contribution >= 0.6 is 0 Å². The van der Waals surface area contributed by atoms with Crippen LogP contribution in [0.25, 0.3) is 0 Å². The van der Waals surface area contributed by atoms with Crippen molar-refractivity contribution in [3.8, 4) is 0 Å². The summed E-state index contributed by atoms with van der Waals surface area (Å²) in [6.07, 6.45) is 5.02. The molecule has 0 saturated heterocycles. The molecular weight excluding hydrogens is 188 g/mol. The maximum atomic E-state index is 2.53.